The number of thioether (sulfide) groups is 1. The molecule has 0 radical (unpaired) electrons. The number of rotatable bonds is 2. The van der Waals surface area contributed by atoms with Gasteiger partial charge in [-0.2, -0.15) is 17.0 Å². The molecule has 0 aliphatic carbocycles. The van der Waals surface area contributed by atoms with Gasteiger partial charge >= 0.3 is 0 Å². The van der Waals surface area contributed by atoms with Crippen molar-refractivity contribution in [3.8, 4) is 6.07 Å². The number of anilines is 1. The van der Waals surface area contributed by atoms with Crippen LogP contribution in [-0.4, -0.2) is 17.0 Å². The number of benzene rings is 1. The molecule has 0 amide bonds. The van der Waals surface area contributed by atoms with Gasteiger partial charge < -0.3 is 5.32 Å². The summed E-state index contributed by atoms with van der Waals surface area (Å²) in [6.07, 6.45) is 2.46. The van der Waals surface area contributed by atoms with Gasteiger partial charge in [-0.1, -0.05) is 18.5 Å². The van der Waals surface area contributed by atoms with Crippen LogP contribution < -0.4 is 5.32 Å². The quantitative estimate of drug-likeness (QED) is 0.882. The van der Waals surface area contributed by atoms with Crippen molar-refractivity contribution < 1.29 is 0 Å². The Kier molecular flexibility index (Phi) is 4.20. The van der Waals surface area contributed by atoms with Gasteiger partial charge in [0.2, 0.25) is 0 Å². The molecule has 2 unspecified atom stereocenters. The minimum Gasteiger partial charge on any atom is -0.381 e. The maximum absolute atomic E-state index is 8.81. The van der Waals surface area contributed by atoms with Gasteiger partial charge in [0.05, 0.1) is 10.6 Å². The molecule has 4 heteroatoms. The van der Waals surface area contributed by atoms with E-state index in [0.717, 1.165) is 5.69 Å². The Morgan fingerprint density at radius 1 is 1.53 bits per heavy atom. The molecule has 0 aromatic heterocycles. The summed E-state index contributed by atoms with van der Waals surface area (Å²) in [5, 5.41) is 13.5. The Hall–Kier alpha value is -0.850. The Morgan fingerprint density at radius 2 is 2.35 bits per heavy atom. The first kappa shape index (κ1) is 12.6. The zero-order chi connectivity index (χ0) is 12.3. The second kappa shape index (κ2) is 5.66. The predicted molar refractivity (Wildman–Crippen MR) is 74.7 cm³/mol. The van der Waals surface area contributed by atoms with Crippen molar-refractivity contribution in [3.05, 3.63) is 28.8 Å². The Labute approximate surface area is 111 Å². The normalized spacial score (nSPS) is 24.1. The van der Waals surface area contributed by atoms with E-state index in [0.29, 0.717) is 21.9 Å². The predicted octanol–water partition coefficient (Wildman–Crippen LogP) is 3.91. The number of nitrogens with zero attached hydrogens (tertiary/aromatic N) is 1. The molecule has 1 saturated heterocycles. The summed E-state index contributed by atoms with van der Waals surface area (Å²) in [7, 11) is 0. The Bertz CT molecular complexity index is 442. The number of halogens is 1. The summed E-state index contributed by atoms with van der Waals surface area (Å²) in [5.41, 5.74) is 1.54. The molecule has 1 N–H and O–H groups in total. The molecule has 2 atom stereocenters. The van der Waals surface area contributed by atoms with E-state index in [1.54, 1.807) is 6.07 Å². The summed E-state index contributed by atoms with van der Waals surface area (Å²) < 4.78 is 0. The highest BCUT2D eigenvalue weighted by molar-refractivity contribution is 8.00. The topological polar surface area (TPSA) is 35.8 Å². The van der Waals surface area contributed by atoms with E-state index in [1.807, 2.05) is 23.9 Å². The lowest BCUT2D eigenvalue weighted by Crippen LogP contribution is -2.32. The zero-order valence-corrected chi connectivity index (χ0v) is 11.3. The molecule has 1 fully saturated rings. The highest BCUT2D eigenvalue weighted by atomic mass is 35.5. The summed E-state index contributed by atoms with van der Waals surface area (Å²) in [6.45, 7) is 2.26. The molecule has 1 aromatic carbocycles. The lowest BCUT2D eigenvalue weighted by atomic mass is 10.1. The standard InChI is InChI=1S/C13H15ClN2S/c1-9-13(3-2-6-17-9)16-11-5-4-10(8-15)12(14)7-11/h4-5,7,9,13,16H,2-3,6H2,1H3. The molecule has 1 aliphatic heterocycles. The second-order valence-electron chi connectivity index (χ2n) is 4.28. The van der Waals surface area contributed by atoms with Crippen molar-refractivity contribution in [1.82, 2.24) is 0 Å². The first-order chi connectivity index (χ1) is 8.20. The fourth-order valence-electron chi connectivity index (χ4n) is 2.02. The third-order valence-electron chi connectivity index (χ3n) is 3.05. The summed E-state index contributed by atoms with van der Waals surface area (Å²) in [4.78, 5) is 0. The lowest BCUT2D eigenvalue weighted by Gasteiger charge is -2.30. The Balaban J connectivity index is 2.08. The van der Waals surface area contributed by atoms with Crippen LogP contribution in [0.4, 0.5) is 5.69 Å². The fraction of sp³-hybridized carbons (Fsp3) is 0.462. The maximum Gasteiger partial charge on any atom is 0.101 e. The van der Waals surface area contributed by atoms with E-state index in [4.69, 9.17) is 16.9 Å². The largest absolute Gasteiger partial charge is 0.381 e. The van der Waals surface area contributed by atoms with Gasteiger partial charge in [-0.3, -0.25) is 0 Å². The van der Waals surface area contributed by atoms with E-state index in [9.17, 15) is 0 Å². The van der Waals surface area contributed by atoms with Gasteiger partial charge in [0.15, 0.2) is 0 Å². The van der Waals surface area contributed by atoms with E-state index in [2.05, 4.69) is 18.3 Å². The molecule has 0 saturated carbocycles. The van der Waals surface area contributed by atoms with Gasteiger partial charge in [0.25, 0.3) is 0 Å². The van der Waals surface area contributed by atoms with Crippen LogP contribution in [0, 0.1) is 11.3 Å². The lowest BCUT2D eigenvalue weighted by molar-refractivity contribution is 0.617. The summed E-state index contributed by atoms with van der Waals surface area (Å²) >= 11 is 8.03. The monoisotopic (exact) mass is 266 g/mol. The van der Waals surface area contributed by atoms with Gasteiger partial charge in [-0.25, -0.2) is 0 Å². The van der Waals surface area contributed by atoms with Crippen LogP contribution in [0.15, 0.2) is 18.2 Å². The minimum absolute atomic E-state index is 0.498. The molecule has 90 valence electrons. The maximum atomic E-state index is 8.81. The first-order valence-electron chi connectivity index (χ1n) is 5.78. The Morgan fingerprint density at radius 3 is 3.00 bits per heavy atom. The van der Waals surface area contributed by atoms with Crippen molar-refractivity contribution in [2.24, 2.45) is 0 Å². The second-order valence-corrected chi connectivity index (χ2v) is 6.17. The van der Waals surface area contributed by atoms with Crippen LogP contribution in [0.1, 0.15) is 25.3 Å². The van der Waals surface area contributed by atoms with Gasteiger partial charge in [0.1, 0.15) is 6.07 Å². The molecule has 2 nitrogen and oxygen atoms in total. The SMILES string of the molecule is CC1SCCCC1Nc1ccc(C#N)c(Cl)c1. The zero-order valence-electron chi connectivity index (χ0n) is 9.74. The van der Waals surface area contributed by atoms with Crippen LogP contribution in [0.3, 0.4) is 0 Å². The highest BCUT2D eigenvalue weighted by Crippen LogP contribution is 2.29. The number of hydrogen-bond acceptors (Lipinski definition) is 3. The smallest absolute Gasteiger partial charge is 0.101 e. The van der Waals surface area contributed by atoms with Crippen LogP contribution in [-0.2, 0) is 0 Å². The molecule has 17 heavy (non-hydrogen) atoms. The van der Waals surface area contributed by atoms with Crippen LogP contribution >= 0.6 is 23.4 Å². The molecule has 0 bridgehead atoms. The molecule has 1 aliphatic rings. The third kappa shape index (κ3) is 3.08. The number of hydrogen-bond donors (Lipinski definition) is 1. The first-order valence-corrected chi connectivity index (χ1v) is 7.21. The van der Waals surface area contributed by atoms with Crippen molar-refractivity contribution in [2.45, 2.75) is 31.1 Å². The van der Waals surface area contributed by atoms with Crippen LogP contribution in [0.5, 0.6) is 0 Å². The van der Waals surface area contributed by atoms with E-state index in [1.165, 1.54) is 18.6 Å². The average Bonchev–Trinajstić information content (AvgIpc) is 2.32. The van der Waals surface area contributed by atoms with Crippen molar-refractivity contribution in [3.63, 3.8) is 0 Å². The van der Waals surface area contributed by atoms with E-state index < -0.39 is 0 Å². The summed E-state index contributed by atoms with van der Waals surface area (Å²) in [5.74, 6) is 1.26. The molecule has 1 aromatic rings. The summed E-state index contributed by atoms with van der Waals surface area (Å²) in [6, 6.07) is 8.10. The van der Waals surface area contributed by atoms with Crippen molar-refractivity contribution >= 4 is 29.1 Å². The van der Waals surface area contributed by atoms with Crippen molar-refractivity contribution in [2.75, 3.05) is 11.1 Å². The molecule has 0 spiro atoms. The van der Waals surface area contributed by atoms with E-state index in [-0.39, 0.29) is 0 Å². The number of nitriles is 1. The van der Waals surface area contributed by atoms with Crippen LogP contribution in [0.2, 0.25) is 5.02 Å². The van der Waals surface area contributed by atoms with Crippen LogP contribution in [0.25, 0.3) is 0 Å². The molecule has 1 heterocycles. The minimum atomic E-state index is 0.498. The van der Waals surface area contributed by atoms with Crippen molar-refractivity contribution in [1.29, 1.82) is 5.26 Å². The van der Waals surface area contributed by atoms with Gasteiger partial charge in [-0.05, 0) is 36.8 Å². The van der Waals surface area contributed by atoms with E-state index >= 15 is 0 Å². The van der Waals surface area contributed by atoms with Gasteiger partial charge in [-0.15, -0.1) is 0 Å². The highest BCUT2D eigenvalue weighted by Gasteiger charge is 2.21. The fourth-order valence-corrected chi connectivity index (χ4v) is 3.39. The number of nitrogens with one attached hydrogen (secondary N) is 1. The molecular formula is C13H15ClN2S. The molecular weight excluding hydrogens is 252 g/mol. The van der Waals surface area contributed by atoms with Gasteiger partial charge in [0, 0.05) is 17.0 Å². The molecule has 2 rings (SSSR count). The average molecular weight is 267 g/mol. The third-order valence-corrected chi connectivity index (χ3v) is 4.74.